The van der Waals surface area contributed by atoms with Crippen molar-refractivity contribution < 1.29 is 8.78 Å². The van der Waals surface area contributed by atoms with Crippen LogP contribution in [0.25, 0.3) is 0 Å². The Bertz CT molecular complexity index is 730. The largest absolute Gasteiger partial charge is 0.327 e. The molecule has 0 bridgehead atoms. The highest BCUT2D eigenvalue weighted by molar-refractivity contribution is 5.32. The Labute approximate surface area is 142 Å². The number of hydrogen-bond acceptors (Lipinski definition) is 2. The average Bonchev–Trinajstić information content (AvgIpc) is 2.53. The highest BCUT2D eigenvalue weighted by Gasteiger charge is 2.26. The Kier molecular flexibility index (Phi) is 4.97. The Morgan fingerprint density at radius 2 is 1.79 bits per heavy atom. The first kappa shape index (κ1) is 17.1. The predicted molar refractivity (Wildman–Crippen MR) is 92.9 cm³/mol. The number of nitrogens with zero attached hydrogens (tertiary/aromatic N) is 1. The Morgan fingerprint density at radius 3 is 2.50 bits per heavy atom. The van der Waals surface area contributed by atoms with Gasteiger partial charge in [-0.2, -0.15) is 0 Å². The molecular weight excluding hydrogens is 306 g/mol. The second kappa shape index (κ2) is 6.99. The Hall–Kier alpha value is -1.78. The maximum atomic E-state index is 13.4. The topological polar surface area (TPSA) is 29.3 Å². The van der Waals surface area contributed by atoms with Crippen LogP contribution in [0.2, 0.25) is 0 Å². The fourth-order valence-corrected chi connectivity index (χ4v) is 3.52. The molecular formula is C20H24F2N2. The van der Waals surface area contributed by atoms with Gasteiger partial charge in [-0.05, 0) is 60.6 Å². The normalized spacial score (nSPS) is 21.9. The van der Waals surface area contributed by atoms with Gasteiger partial charge in [0.2, 0.25) is 0 Å². The third-order valence-corrected chi connectivity index (χ3v) is 4.95. The standard InChI is InChI=1S/C20H24F2N2/c1-13-3-5-16(7-14(13)2)17-9-18(23)12-24(11-17)10-15-4-6-19(21)20(22)8-15/h3-8,17-18H,9-12,23H2,1-2H3. The second-order valence-corrected chi connectivity index (χ2v) is 6.98. The number of hydrogen-bond donors (Lipinski definition) is 1. The first-order valence-electron chi connectivity index (χ1n) is 8.41. The van der Waals surface area contributed by atoms with Gasteiger partial charge in [-0.15, -0.1) is 0 Å². The van der Waals surface area contributed by atoms with Crippen LogP contribution in [0.1, 0.15) is 34.6 Å². The summed E-state index contributed by atoms with van der Waals surface area (Å²) in [5.41, 5.74) is 10.9. The zero-order chi connectivity index (χ0) is 17.3. The smallest absolute Gasteiger partial charge is 0.159 e. The third-order valence-electron chi connectivity index (χ3n) is 4.95. The van der Waals surface area contributed by atoms with Crippen molar-refractivity contribution >= 4 is 0 Å². The summed E-state index contributed by atoms with van der Waals surface area (Å²) in [6.45, 7) is 6.49. The number of likely N-dealkylation sites (tertiary alicyclic amines) is 1. The molecule has 0 radical (unpaired) electrons. The summed E-state index contributed by atoms with van der Waals surface area (Å²) in [6, 6.07) is 10.8. The van der Waals surface area contributed by atoms with Gasteiger partial charge in [0, 0.05) is 25.7 Å². The van der Waals surface area contributed by atoms with E-state index in [0.29, 0.717) is 12.5 Å². The van der Waals surface area contributed by atoms with E-state index in [2.05, 4.69) is 36.9 Å². The van der Waals surface area contributed by atoms with Crippen molar-refractivity contribution in [2.75, 3.05) is 13.1 Å². The molecule has 2 aromatic rings. The predicted octanol–water partition coefficient (Wildman–Crippen LogP) is 3.90. The fourth-order valence-electron chi connectivity index (χ4n) is 3.52. The SMILES string of the molecule is Cc1ccc(C2CC(N)CN(Cc3ccc(F)c(F)c3)C2)cc1C. The second-order valence-electron chi connectivity index (χ2n) is 6.98. The quantitative estimate of drug-likeness (QED) is 0.925. The highest BCUT2D eigenvalue weighted by atomic mass is 19.2. The van der Waals surface area contributed by atoms with E-state index in [0.717, 1.165) is 25.1 Å². The maximum Gasteiger partial charge on any atom is 0.159 e. The van der Waals surface area contributed by atoms with Crippen molar-refractivity contribution in [1.82, 2.24) is 4.90 Å². The van der Waals surface area contributed by atoms with Crippen LogP contribution in [0.5, 0.6) is 0 Å². The monoisotopic (exact) mass is 330 g/mol. The van der Waals surface area contributed by atoms with E-state index < -0.39 is 11.6 Å². The summed E-state index contributed by atoms with van der Waals surface area (Å²) in [6.07, 6.45) is 0.955. The van der Waals surface area contributed by atoms with E-state index in [4.69, 9.17) is 5.73 Å². The lowest BCUT2D eigenvalue weighted by molar-refractivity contribution is 0.181. The van der Waals surface area contributed by atoms with Crippen LogP contribution < -0.4 is 5.73 Å². The molecule has 24 heavy (non-hydrogen) atoms. The van der Waals surface area contributed by atoms with Crippen molar-refractivity contribution in [1.29, 1.82) is 0 Å². The van der Waals surface area contributed by atoms with E-state index >= 15 is 0 Å². The van der Waals surface area contributed by atoms with Gasteiger partial charge in [0.15, 0.2) is 11.6 Å². The maximum absolute atomic E-state index is 13.4. The van der Waals surface area contributed by atoms with Crippen LogP contribution in [0.3, 0.4) is 0 Å². The molecule has 0 amide bonds. The zero-order valence-electron chi connectivity index (χ0n) is 14.2. The van der Waals surface area contributed by atoms with Gasteiger partial charge in [-0.25, -0.2) is 8.78 Å². The number of aryl methyl sites for hydroxylation is 2. The highest BCUT2D eigenvalue weighted by Crippen LogP contribution is 2.28. The summed E-state index contributed by atoms with van der Waals surface area (Å²) in [5.74, 6) is -1.22. The first-order valence-corrected chi connectivity index (χ1v) is 8.41. The molecule has 0 saturated carbocycles. The molecule has 0 aliphatic carbocycles. The van der Waals surface area contributed by atoms with Crippen molar-refractivity contribution in [3.05, 3.63) is 70.3 Å². The number of benzene rings is 2. The minimum atomic E-state index is -0.804. The van der Waals surface area contributed by atoms with Crippen molar-refractivity contribution in [2.24, 2.45) is 5.73 Å². The summed E-state index contributed by atoms with van der Waals surface area (Å²) >= 11 is 0. The molecule has 1 saturated heterocycles. The van der Waals surface area contributed by atoms with Crippen LogP contribution >= 0.6 is 0 Å². The van der Waals surface area contributed by atoms with E-state index in [9.17, 15) is 8.78 Å². The first-order chi connectivity index (χ1) is 11.4. The molecule has 128 valence electrons. The van der Waals surface area contributed by atoms with E-state index in [1.54, 1.807) is 6.07 Å². The van der Waals surface area contributed by atoms with Crippen LogP contribution in [-0.4, -0.2) is 24.0 Å². The van der Waals surface area contributed by atoms with Crippen LogP contribution in [0.15, 0.2) is 36.4 Å². The minimum Gasteiger partial charge on any atom is -0.327 e. The summed E-state index contributed by atoms with van der Waals surface area (Å²) in [7, 11) is 0. The number of piperidine rings is 1. The van der Waals surface area contributed by atoms with Gasteiger partial charge in [0.1, 0.15) is 0 Å². The number of nitrogens with two attached hydrogens (primary N) is 1. The molecule has 1 heterocycles. The molecule has 1 aliphatic heterocycles. The van der Waals surface area contributed by atoms with Crippen molar-refractivity contribution in [3.63, 3.8) is 0 Å². The number of rotatable bonds is 3. The molecule has 1 fully saturated rings. The molecule has 2 nitrogen and oxygen atoms in total. The lowest BCUT2D eigenvalue weighted by atomic mass is 9.87. The van der Waals surface area contributed by atoms with Gasteiger partial charge in [-0.1, -0.05) is 24.3 Å². The summed E-state index contributed by atoms with van der Waals surface area (Å²) < 4.78 is 26.5. The summed E-state index contributed by atoms with van der Waals surface area (Å²) in [4.78, 5) is 2.24. The minimum absolute atomic E-state index is 0.0932. The Balaban J connectivity index is 1.75. The van der Waals surface area contributed by atoms with Gasteiger partial charge < -0.3 is 5.73 Å². The van der Waals surface area contributed by atoms with E-state index in [1.807, 2.05) is 0 Å². The number of halogens is 2. The lowest BCUT2D eigenvalue weighted by Crippen LogP contribution is -2.45. The molecule has 2 unspecified atom stereocenters. The molecule has 1 aliphatic rings. The van der Waals surface area contributed by atoms with E-state index in [1.165, 1.54) is 28.8 Å². The molecule has 2 N–H and O–H groups in total. The Morgan fingerprint density at radius 1 is 1.00 bits per heavy atom. The zero-order valence-corrected chi connectivity index (χ0v) is 14.2. The molecule has 2 aromatic carbocycles. The van der Waals surface area contributed by atoms with Gasteiger partial charge in [0.05, 0.1) is 0 Å². The molecule has 2 atom stereocenters. The molecule has 4 heteroatoms. The van der Waals surface area contributed by atoms with Crippen LogP contribution in [0.4, 0.5) is 8.78 Å². The molecule has 3 rings (SSSR count). The lowest BCUT2D eigenvalue weighted by Gasteiger charge is -2.36. The molecule has 0 spiro atoms. The fraction of sp³-hybridized carbons (Fsp3) is 0.400. The van der Waals surface area contributed by atoms with Gasteiger partial charge >= 0.3 is 0 Å². The van der Waals surface area contributed by atoms with E-state index in [-0.39, 0.29) is 6.04 Å². The van der Waals surface area contributed by atoms with Gasteiger partial charge in [0.25, 0.3) is 0 Å². The summed E-state index contributed by atoms with van der Waals surface area (Å²) in [5, 5.41) is 0. The molecule has 0 aromatic heterocycles. The van der Waals surface area contributed by atoms with Crippen molar-refractivity contribution in [3.8, 4) is 0 Å². The van der Waals surface area contributed by atoms with Gasteiger partial charge in [-0.3, -0.25) is 4.90 Å². The average molecular weight is 330 g/mol. The third kappa shape index (κ3) is 3.82. The van der Waals surface area contributed by atoms with Crippen molar-refractivity contribution in [2.45, 2.75) is 38.8 Å². The van der Waals surface area contributed by atoms with Crippen LogP contribution in [-0.2, 0) is 6.54 Å². The van der Waals surface area contributed by atoms with Crippen LogP contribution in [0, 0.1) is 25.5 Å².